The molecule has 3 aromatic heterocycles. The van der Waals surface area contributed by atoms with Gasteiger partial charge >= 0.3 is 0 Å². The van der Waals surface area contributed by atoms with Crippen molar-refractivity contribution in [2.75, 3.05) is 13.1 Å². The first-order chi connectivity index (χ1) is 14.5. The van der Waals surface area contributed by atoms with Gasteiger partial charge in [-0.1, -0.05) is 0 Å². The molecular weight excluding hydrogens is 378 g/mol. The second-order valence-corrected chi connectivity index (χ2v) is 8.02. The average Bonchev–Trinajstić information content (AvgIpc) is 3.13. The molecule has 0 bridgehead atoms. The second-order valence-electron chi connectivity index (χ2n) is 8.02. The normalized spacial score (nSPS) is 14.8. The molecule has 0 aliphatic carbocycles. The van der Waals surface area contributed by atoms with E-state index in [1.54, 1.807) is 23.2 Å². The van der Waals surface area contributed by atoms with Crippen molar-refractivity contribution in [1.29, 1.82) is 0 Å². The van der Waals surface area contributed by atoms with E-state index in [9.17, 15) is 9.59 Å². The molecular formula is C23H27N5O2. The number of aryl methyl sites for hydroxylation is 2. The van der Waals surface area contributed by atoms with Crippen LogP contribution in [0.1, 0.15) is 41.0 Å². The summed E-state index contributed by atoms with van der Waals surface area (Å²) in [5, 5.41) is 0. The van der Waals surface area contributed by atoms with Crippen LogP contribution in [0.4, 0.5) is 0 Å². The zero-order chi connectivity index (χ0) is 21.1. The lowest BCUT2D eigenvalue weighted by Crippen LogP contribution is -2.40. The van der Waals surface area contributed by atoms with Gasteiger partial charge in [0, 0.05) is 55.2 Å². The van der Waals surface area contributed by atoms with Crippen LogP contribution in [-0.4, -0.2) is 43.4 Å². The minimum absolute atomic E-state index is 0.168. The maximum atomic E-state index is 12.7. The Labute approximate surface area is 175 Å². The molecule has 1 N–H and O–H groups in total. The summed E-state index contributed by atoms with van der Waals surface area (Å²) >= 11 is 0. The Morgan fingerprint density at radius 3 is 2.67 bits per heavy atom. The number of imidazole rings is 1. The monoisotopic (exact) mass is 405 g/mol. The van der Waals surface area contributed by atoms with Crippen molar-refractivity contribution in [3.05, 3.63) is 70.2 Å². The van der Waals surface area contributed by atoms with Crippen molar-refractivity contribution in [3.8, 4) is 11.4 Å². The van der Waals surface area contributed by atoms with Gasteiger partial charge in [0.15, 0.2) is 0 Å². The van der Waals surface area contributed by atoms with Gasteiger partial charge in [0.2, 0.25) is 0 Å². The second kappa shape index (κ2) is 8.65. The molecule has 7 nitrogen and oxygen atoms in total. The van der Waals surface area contributed by atoms with Crippen LogP contribution >= 0.6 is 0 Å². The van der Waals surface area contributed by atoms with E-state index < -0.39 is 0 Å². The fourth-order valence-corrected chi connectivity index (χ4v) is 4.12. The van der Waals surface area contributed by atoms with E-state index in [4.69, 9.17) is 0 Å². The molecule has 1 aliphatic heterocycles. The molecule has 4 heterocycles. The summed E-state index contributed by atoms with van der Waals surface area (Å²) in [7, 11) is 0. The quantitative estimate of drug-likeness (QED) is 0.707. The van der Waals surface area contributed by atoms with Crippen LogP contribution in [0.2, 0.25) is 0 Å². The van der Waals surface area contributed by atoms with E-state index in [0.717, 1.165) is 48.6 Å². The van der Waals surface area contributed by atoms with Gasteiger partial charge in [-0.25, -0.2) is 4.98 Å². The Bertz CT molecular complexity index is 1080. The zero-order valence-corrected chi connectivity index (χ0v) is 17.5. The van der Waals surface area contributed by atoms with Crippen LogP contribution in [0.15, 0.2) is 47.7 Å². The van der Waals surface area contributed by atoms with Crippen molar-refractivity contribution < 1.29 is 4.79 Å². The van der Waals surface area contributed by atoms with Crippen LogP contribution in [0, 0.1) is 19.8 Å². The van der Waals surface area contributed by atoms with Crippen molar-refractivity contribution in [1.82, 2.24) is 24.4 Å². The van der Waals surface area contributed by atoms with Gasteiger partial charge < -0.3 is 14.5 Å². The Hall–Kier alpha value is -3.22. The topological polar surface area (TPSA) is 83.9 Å². The fourth-order valence-electron chi connectivity index (χ4n) is 4.12. The average molecular weight is 406 g/mol. The summed E-state index contributed by atoms with van der Waals surface area (Å²) in [5.41, 5.74) is 2.85. The Morgan fingerprint density at radius 2 is 1.97 bits per heavy atom. The largest absolute Gasteiger partial charge is 0.338 e. The highest BCUT2D eigenvalue weighted by atomic mass is 16.2. The number of likely N-dealkylation sites (tertiary alicyclic amines) is 1. The molecule has 1 fully saturated rings. The van der Waals surface area contributed by atoms with Gasteiger partial charge in [-0.3, -0.25) is 14.6 Å². The number of carbonyl (C=O) groups excluding carboxylic acids is 1. The molecule has 156 valence electrons. The summed E-state index contributed by atoms with van der Waals surface area (Å²) in [5.74, 6) is 1.33. The van der Waals surface area contributed by atoms with Crippen LogP contribution in [0.5, 0.6) is 0 Å². The first-order valence-electron chi connectivity index (χ1n) is 10.4. The number of amides is 1. The summed E-state index contributed by atoms with van der Waals surface area (Å²) in [6, 6.07) is 7.36. The third-order valence-corrected chi connectivity index (χ3v) is 5.92. The van der Waals surface area contributed by atoms with E-state index in [2.05, 4.69) is 26.4 Å². The SMILES string of the molecule is Cc1ccc(C(=O)N2CCC(CCn3c(C)cnc3-c3cccnc3)CC2)c(=O)[nH]1. The minimum atomic E-state index is -0.305. The summed E-state index contributed by atoms with van der Waals surface area (Å²) in [6.45, 7) is 6.16. The van der Waals surface area contributed by atoms with Crippen molar-refractivity contribution in [3.63, 3.8) is 0 Å². The molecule has 0 unspecified atom stereocenters. The Kier molecular flexibility index (Phi) is 5.79. The first-order valence-corrected chi connectivity index (χ1v) is 10.4. The van der Waals surface area contributed by atoms with E-state index in [1.165, 1.54) is 0 Å². The van der Waals surface area contributed by atoms with Crippen LogP contribution in [0.3, 0.4) is 0 Å². The van der Waals surface area contributed by atoms with Crippen LogP contribution in [-0.2, 0) is 6.54 Å². The van der Waals surface area contributed by atoms with Crippen LogP contribution in [0.25, 0.3) is 11.4 Å². The molecule has 4 rings (SSSR count). The lowest BCUT2D eigenvalue weighted by Gasteiger charge is -2.32. The number of nitrogens with one attached hydrogen (secondary N) is 1. The van der Waals surface area contributed by atoms with Gasteiger partial charge in [0.1, 0.15) is 11.4 Å². The van der Waals surface area contributed by atoms with Gasteiger partial charge in [0.05, 0.1) is 0 Å². The molecule has 30 heavy (non-hydrogen) atoms. The summed E-state index contributed by atoms with van der Waals surface area (Å²) in [4.78, 5) is 38.1. The predicted molar refractivity (Wildman–Crippen MR) is 115 cm³/mol. The molecule has 1 aliphatic rings. The number of hydrogen-bond donors (Lipinski definition) is 1. The number of rotatable bonds is 5. The molecule has 0 atom stereocenters. The van der Waals surface area contributed by atoms with Gasteiger partial charge in [0.25, 0.3) is 11.5 Å². The van der Waals surface area contributed by atoms with E-state index in [1.807, 2.05) is 31.5 Å². The van der Waals surface area contributed by atoms with E-state index in [0.29, 0.717) is 19.0 Å². The number of aromatic amines is 1. The van der Waals surface area contributed by atoms with Crippen LogP contribution < -0.4 is 5.56 Å². The zero-order valence-electron chi connectivity index (χ0n) is 17.5. The standard InChI is InChI=1S/C23H27N5O2/c1-16-5-6-20(22(29)26-16)23(30)27-11-7-18(8-12-27)9-13-28-17(2)14-25-21(28)19-4-3-10-24-15-19/h3-6,10,14-15,18H,7-9,11-13H2,1-2H3,(H,26,29). The number of piperidine rings is 1. The van der Waals surface area contributed by atoms with E-state index in [-0.39, 0.29) is 17.0 Å². The predicted octanol–water partition coefficient (Wildman–Crippen LogP) is 3.19. The molecule has 7 heteroatoms. The molecule has 0 saturated carbocycles. The minimum Gasteiger partial charge on any atom is -0.338 e. The smallest absolute Gasteiger partial charge is 0.260 e. The van der Waals surface area contributed by atoms with Crippen molar-refractivity contribution in [2.45, 2.75) is 39.7 Å². The van der Waals surface area contributed by atoms with Crippen molar-refractivity contribution >= 4 is 5.91 Å². The molecule has 0 spiro atoms. The molecule has 1 saturated heterocycles. The fraction of sp³-hybridized carbons (Fsp3) is 0.391. The molecule has 3 aromatic rings. The number of aromatic nitrogens is 4. The van der Waals surface area contributed by atoms with Gasteiger partial charge in [-0.2, -0.15) is 0 Å². The highest BCUT2D eigenvalue weighted by Crippen LogP contribution is 2.25. The maximum Gasteiger partial charge on any atom is 0.260 e. The Morgan fingerprint density at radius 1 is 1.17 bits per heavy atom. The summed E-state index contributed by atoms with van der Waals surface area (Å²) in [6.07, 6.45) is 8.45. The number of pyridine rings is 2. The summed E-state index contributed by atoms with van der Waals surface area (Å²) < 4.78 is 2.25. The molecule has 1 amide bonds. The number of hydrogen-bond acceptors (Lipinski definition) is 4. The number of H-pyrrole nitrogens is 1. The van der Waals surface area contributed by atoms with E-state index >= 15 is 0 Å². The van der Waals surface area contributed by atoms with Gasteiger partial charge in [-0.05, 0) is 63.3 Å². The maximum absolute atomic E-state index is 12.7. The lowest BCUT2D eigenvalue weighted by molar-refractivity contribution is 0.0683. The van der Waals surface area contributed by atoms with Gasteiger partial charge in [-0.15, -0.1) is 0 Å². The third-order valence-electron chi connectivity index (χ3n) is 5.92. The Balaban J connectivity index is 1.36. The van der Waals surface area contributed by atoms with Crippen molar-refractivity contribution in [2.24, 2.45) is 5.92 Å². The third kappa shape index (κ3) is 4.20. The molecule has 0 radical (unpaired) electrons. The highest BCUT2D eigenvalue weighted by Gasteiger charge is 2.25. The number of carbonyl (C=O) groups is 1. The molecule has 0 aromatic carbocycles. The lowest BCUT2D eigenvalue weighted by atomic mass is 9.93. The first kappa shape index (κ1) is 20.1. The number of nitrogens with zero attached hydrogens (tertiary/aromatic N) is 4. The highest BCUT2D eigenvalue weighted by molar-refractivity contribution is 5.93.